The van der Waals surface area contributed by atoms with Gasteiger partial charge in [0.05, 0.1) is 0 Å². The number of carbonyl (C=O) groups is 3. The molecule has 1 unspecified atom stereocenters. The molecule has 1 N–H and O–H groups in total. The van der Waals surface area contributed by atoms with Crippen LogP contribution in [0.15, 0.2) is 85.5 Å². The van der Waals surface area contributed by atoms with Crippen LogP contribution in [0.25, 0.3) is 0 Å². The Kier molecular flexibility index (Phi) is 10.5. The number of nitrogens with zero attached hydrogens (tertiary/aromatic N) is 2. The molecule has 3 rings (SSSR count). The predicted molar refractivity (Wildman–Crippen MR) is 155 cm³/mol. The molecule has 1 saturated heterocycles. The minimum atomic E-state index is -1.21. The van der Waals surface area contributed by atoms with E-state index in [1.54, 1.807) is 35.4 Å². The summed E-state index contributed by atoms with van der Waals surface area (Å²) < 4.78 is 16.4. The molecule has 0 aliphatic carbocycles. The van der Waals surface area contributed by atoms with Crippen molar-refractivity contribution in [2.45, 2.75) is 37.8 Å². The third-order valence-electron chi connectivity index (χ3n) is 6.81. The number of rotatable bonds is 13. The van der Waals surface area contributed by atoms with Crippen molar-refractivity contribution >= 4 is 41.3 Å². The van der Waals surface area contributed by atoms with Gasteiger partial charge in [-0.3, -0.25) is 14.4 Å². The fourth-order valence-corrected chi connectivity index (χ4v) is 5.18. The first-order valence-corrected chi connectivity index (χ1v) is 14.1. The number of likely N-dealkylation sites (tertiary alicyclic amines) is 1. The van der Waals surface area contributed by atoms with E-state index in [4.69, 9.17) is 11.6 Å². The van der Waals surface area contributed by atoms with Crippen LogP contribution in [0.2, 0.25) is 5.02 Å². The molecule has 206 valence electrons. The second-order valence-corrected chi connectivity index (χ2v) is 10.5. The fourth-order valence-electron chi connectivity index (χ4n) is 4.63. The highest BCUT2D eigenvalue weighted by Crippen LogP contribution is 2.38. The first-order chi connectivity index (χ1) is 18.6. The summed E-state index contributed by atoms with van der Waals surface area (Å²) in [6.07, 6.45) is 4.51. The van der Waals surface area contributed by atoms with Crippen LogP contribution >= 0.6 is 23.5 Å². The number of halogens is 2. The Hall–Kier alpha value is -3.36. The van der Waals surface area contributed by atoms with E-state index in [1.165, 1.54) is 35.1 Å². The number of benzene rings is 2. The van der Waals surface area contributed by atoms with Crippen molar-refractivity contribution in [3.8, 4) is 0 Å². The molecular weight excluding hydrogens is 537 g/mol. The molecule has 0 aromatic heterocycles. The van der Waals surface area contributed by atoms with Gasteiger partial charge in [0.2, 0.25) is 11.8 Å². The van der Waals surface area contributed by atoms with Crippen LogP contribution in [0.5, 0.6) is 0 Å². The average Bonchev–Trinajstić information content (AvgIpc) is 2.90. The molecule has 1 aliphatic heterocycles. The number of carbonyl (C=O) groups excluding carboxylic acids is 3. The average molecular weight is 570 g/mol. The molecule has 0 saturated carbocycles. The second kappa shape index (κ2) is 13.6. The molecule has 9 heteroatoms. The maximum Gasteiger partial charge on any atom is 0.254 e. The maximum absolute atomic E-state index is 14.4. The normalized spacial score (nSPS) is 16.1. The molecule has 1 heterocycles. The van der Waals surface area contributed by atoms with Crippen molar-refractivity contribution in [3.05, 3.63) is 107 Å². The molecule has 3 amide bonds. The minimum Gasteiger partial charge on any atom is -0.336 e. The molecular formula is C30H33ClFN3O3S. The molecule has 1 aliphatic rings. The fraction of sp³-hybridized carbons (Fsp3) is 0.300. The smallest absolute Gasteiger partial charge is 0.254 e. The number of nitrogens with one attached hydrogen (secondary N) is 1. The Balaban J connectivity index is 1.97. The Labute approximate surface area is 238 Å². The highest BCUT2D eigenvalue weighted by atomic mass is 35.5. The lowest BCUT2D eigenvalue weighted by atomic mass is 9.76. The molecule has 39 heavy (non-hydrogen) atoms. The van der Waals surface area contributed by atoms with E-state index in [2.05, 4.69) is 24.5 Å². The van der Waals surface area contributed by atoms with Gasteiger partial charge in [-0.15, -0.1) is 0 Å². The zero-order valence-electron chi connectivity index (χ0n) is 22.1. The molecule has 6 nitrogen and oxygen atoms in total. The number of amides is 3. The summed E-state index contributed by atoms with van der Waals surface area (Å²) in [6.45, 7) is 12.3. The standard InChI is InChI=1S/C30H33ClFN3O3S/c1-5-21(2)22(3)28(37)35-17-15-30(35,19-23-11-13-26(32)14-12-23)29(38)34(16-7-10-27(36)33-39-4)20-24-8-6-9-25(31)18-24/h5-6,8-9,11-14,18H,1-3,7,10,15-17,19-20H2,4H3,(H,33,36). The topological polar surface area (TPSA) is 69.7 Å². The quantitative estimate of drug-likeness (QED) is 0.197. The van der Waals surface area contributed by atoms with Crippen LogP contribution in [0.4, 0.5) is 4.39 Å². The SMILES string of the molecule is C=CC(=C)C(=C)C(=O)N1CCC1(Cc1ccc(F)cc1)C(=O)N(CCCC(=O)NSC)Cc1cccc(Cl)c1. The Morgan fingerprint density at radius 2 is 1.90 bits per heavy atom. The van der Waals surface area contributed by atoms with Crippen LogP contribution in [-0.2, 0) is 27.3 Å². The lowest BCUT2D eigenvalue weighted by Crippen LogP contribution is -2.70. The van der Waals surface area contributed by atoms with E-state index in [0.29, 0.717) is 36.5 Å². The molecule has 2 aromatic rings. The van der Waals surface area contributed by atoms with Crippen LogP contribution in [0.1, 0.15) is 30.4 Å². The number of hydrogen-bond donors (Lipinski definition) is 1. The van der Waals surface area contributed by atoms with Crippen molar-refractivity contribution < 1.29 is 18.8 Å². The summed E-state index contributed by atoms with van der Waals surface area (Å²) in [6, 6.07) is 13.1. The van der Waals surface area contributed by atoms with E-state index in [9.17, 15) is 18.8 Å². The summed E-state index contributed by atoms with van der Waals surface area (Å²) in [4.78, 5) is 43.2. The van der Waals surface area contributed by atoms with Gasteiger partial charge >= 0.3 is 0 Å². The molecule has 2 aromatic carbocycles. The van der Waals surface area contributed by atoms with Crippen LogP contribution in [0, 0.1) is 5.82 Å². The van der Waals surface area contributed by atoms with Crippen LogP contribution in [0.3, 0.4) is 0 Å². The molecule has 1 atom stereocenters. The first-order valence-electron chi connectivity index (χ1n) is 12.5. The third kappa shape index (κ3) is 7.40. The summed E-state index contributed by atoms with van der Waals surface area (Å²) in [7, 11) is 0. The summed E-state index contributed by atoms with van der Waals surface area (Å²) in [5.41, 5.74) is 0.876. The van der Waals surface area contributed by atoms with E-state index in [0.717, 1.165) is 11.1 Å². The van der Waals surface area contributed by atoms with E-state index in [-0.39, 0.29) is 42.6 Å². The molecule has 0 bridgehead atoms. The van der Waals surface area contributed by atoms with Gasteiger partial charge in [0.1, 0.15) is 11.4 Å². The van der Waals surface area contributed by atoms with Gasteiger partial charge in [-0.25, -0.2) is 4.39 Å². The summed E-state index contributed by atoms with van der Waals surface area (Å²) >= 11 is 7.43. The molecule has 0 radical (unpaired) electrons. The van der Waals surface area contributed by atoms with Gasteiger partial charge in [0, 0.05) is 49.3 Å². The minimum absolute atomic E-state index is 0.127. The summed E-state index contributed by atoms with van der Waals surface area (Å²) in [5.74, 6) is -1.17. The Morgan fingerprint density at radius 3 is 2.49 bits per heavy atom. The lowest BCUT2D eigenvalue weighted by Gasteiger charge is -2.53. The zero-order chi connectivity index (χ0) is 28.6. The van der Waals surface area contributed by atoms with Crippen molar-refractivity contribution in [1.29, 1.82) is 0 Å². The first kappa shape index (κ1) is 30.2. The van der Waals surface area contributed by atoms with Crippen LogP contribution < -0.4 is 4.72 Å². The lowest BCUT2D eigenvalue weighted by molar-refractivity contribution is -0.164. The largest absolute Gasteiger partial charge is 0.336 e. The maximum atomic E-state index is 14.4. The Morgan fingerprint density at radius 1 is 1.18 bits per heavy atom. The van der Waals surface area contributed by atoms with Gasteiger partial charge in [0.15, 0.2) is 0 Å². The van der Waals surface area contributed by atoms with Gasteiger partial charge in [-0.05, 0) is 53.8 Å². The highest BCUT2D eigenvalue weighted by Gasteiger charge is 2.55. The third-order valence-corrected chi connectivity index (χ3v) is 7.48. The van der Waals surface area contributed by atoms with E-state index in [1.807, 2.05) is 12.1 Å². The highest BCUT2D eigenvalue weighted by molar-refractivity contribution is 7.97. The monoisotopic (exact) mass is 569 g/mol. The van der Waals surface area contributed by atoms with Gasteiger partial charge in [0.25, 0.3) is 5.91 Å². The van der Waals surface area contributed by atoms with Gasteiger partial charge in [-0.1, -0.05) is 73.6 Å². The molecule has 0 spiro atoms. The predicted octanol–water partition coefficient (Wildman–Crippen LogP) is 5.49. The van der Waals surface area contributed by atoms with Crippen LogP contribution in [-0.4, -0.2) is 52.4 Å². The zero-order valence-corrected chi connectivity index (χ0v) is 23.6. The summed E-state index contributed by atoms with van der Waals surface area (Å²) in [5, 5.41) is 0.542. The van der Waals surface area contributed by atoms with Crippen molar-refractivity contribution in [1.82, 2.24) is 14.5 Å². The molecule has 1 fully saturated rings. The van der Waals surface area contributed by atoms with E-state index < -0.39 is 11.4 Å². The Bertz CT molecular complexity index is 1270. The van der Waals surface area contributed by atoms with E-state index >= 15 is 0 Å². The second-order valence-electron chi connectivity index (χ2n) is 9.44. The van der Waals surface area contributed by atoms with Crippen molar-refractivity contribution in [2.24, 2.45) is 0 Å². The number of hydrogen-bond acceptors (Lipinski definition) is 4. The van der Waals surface area contributed by atoms with Gasteiger partial charge < -0.3 is 14.5 Å². The van der Waals surface area contributed by atoms with Crippen molar-refractivity contribution in [2.75, 3.05) is 19.3 Å². The number of allylic oxidation sites excluding steroid dienone is 1. The van der Waals surface area contributed by atoms with Crippen molar-refractivity contribution in [3.63, 3.8) is 0 Å². The van der Waals surface area contributed by atoms with Gasteiger partial charge in [-0.2, -0.15) is 0 Å².